The maximum absolute atomic E-state index is 12.9. The number of aromatic nitrogens is 9. The lowest BCUT2D eigenvalue weighted by atomic mass is 9.78. The third-order valence-electron chi connectivity index (χ3n) is 14.6. The lowest BCUT2D eigenvalue weighted by molar-refractivity contribution is -0.138. The summed E-state index contributed by atoms with van der Waals surface area (Å²) >= 11 is 3.71. The Kier molecular flexibility index (Phi) is 19.7. The molecule has 1 saturated heterocycles. The first-order valence-electron chi connectivity index (χ1n) is 28.4. The predicted molar refractivity (Wildman–Crippen MR) is 337 cm³/mol. The molecule has 27 heteroatoms. The summed E-state index contributed by atoms with van der Waals surface area (Å²) in [4.78, 5) is 47.8. The smallest absolute Gasteiger partial charge is 0.476 e. The van der Waals surface area contributed by atoms with Crippen LogP contribution in [-0.4, -0.2) is 98.8 Å². The van der Waals surface area contributed by atoms with E-state index in [1.807, 2.05) is 125 Å². The minimum absolute atomic E-state index is 0.0731. The lowest BCUT2D eigenvalue weighted by Gasteiger charge is -2.32. The number of alkyl halides is 6. The molecule has 5 aromatic carbocycles. The van der Waals surface area contributed by atoms with Crippen molar-refractivity contribution in [2.75, 3.05) is 13.2 Å². The zero-order valence-corrected chi connectivity index (χ0v) is 52.4. The van der Waals surface area contributed by atoms with E-state index in [4.69, 9.17) is 29.0 Å². The molecule has 0 amide bonds. The molecule has 0 unspecified atom stereocenters. The zero-order valence-electron chi connectivity index (χ0n) is 50.0. The first kappa shape index (κ1) is 65.5. The summed E-state index contributed by atoms with van der Waals surface area (Å²) in [6.07, 6.45) is -2.64. The van der Waals surface area contributed by atoms with Crippen LogP contribution >= 0.6 is 34.0 Å². The van der Waals surface area contributed by atoms with Gasteiger partial charge in [0.15, 0.2) is 17.1 Å². The van der Waals surface area contributed by atoms with E-state index in [1.54, 1.807) is 46.4 Å². The van der Waals surface area contributed by atoms with Crippen molar-refractivity contribution in [2.45, 2.75) is 77.9 Å². The third-order valence-corrected chi connectivity index (χ3v) is 17.1. The fraction of sp³-hybridized carbons (Fsp3) is 0.215. The molecule has 6 aromatic heterocycles. The molecule has 0 bridgehead atoms. The van der Waals surface area contributed by atoms with Gasteiger partial charge in [-0.3, -0.25) is 0 Å². The van der Waals surface area contributed by atoms with Gasteiger partial charge in [0.1, 0.15) is 0 Å². The van der Waals surface area contributed by atoms with Crippen LogP contribution in [0.15, 0.2) is 174 Å². The molecule has 0 saturated carbocycles. The van der Waals surface area contributed by atoms with Crippen LogP contribution in [0.3, 0.4) is 0 Å². The van der Waals surface area contributed by atoms with Gasteiger partial charge in [-0.15, -0.1) is 34.0 Å². The second kappa shape index (κ2) is 27.6. The summed E-state index contributed by atoms with van der Waals surface area (Å²) in [6.45, 7) is 12.1. The van der Waals surface area contributed by atoms with Gasteiger partial charge in [0.25, 0.3) is 0 Å². The predicted octanol–water partition coefficient (Wildman–Crippen LogP) is 14.6. The fourth-order valence-electron chi connectivity index (χ4n) is 9.27. The number of rotatable bonds is 16. The van der Waals surface area contributed by atoms with Crippen LogP contribution in [0.2, 0.25) is 0 Å². The molecule has 1 aliphatic heterocycles. The topological polar surface area (TPSA) is 200 Å². The number of hydrogen-bond acceptors (Lipinski definition) is 16. The summed E-state index contributed by atoms with van der Waals surface area (Å²) in [5.41, 5.74) is 6.68. The monoisotopic (exact) mass is 1310 g/mol. The highest BCUT2D eigenvalue weighted by Crippen LogP contribution is 2.38. The number of carboxylic acids is 1. The highest BCUT2D eigenvalue weighted by atomic mass is 32.1. The molecule has 0 radical (unpaired) electrons. The highest BCUT2D eigenvalue weighted by molar-refractivity contribution is 7.13. The normalized spacial score (nSPS) is 13.4. The number of carbonyl (C=O) groups excluding carboxylic acids is 2. The van der Waals surface area contributed by atoms with Crippen molar-refractivity contribution in [3.63, 3.8) is 0 Å². The van der Waals surface area contributed by atoms with Crippen molar-refractivity contribution in [1.29, 1.82) is 0 Å². The number of benzene rings is 5. The second-order valence-electron chi connectivity index (χ2n) is 21.5. The van der Waals surface area contributed by atoms with E-state index in [9.17, 15) is 40.7 Å². The van der Waals surface area contributed by atoms with Gasteiger partial charge in [0, 0.05) is 80.9 Å². The number of aromatic carboxylic acids is 1. The van der Waals surface area contributed by atoms with Crippen LogP contribution in [-0.2, 0) is 44.0 Å². The molecule has 1 fully saturated rings. The maximum atomic E-state index is 12.9. The minimum atomic E-state index is -4.38. The molecule has 0 atom stereocenters. The van der Waals surface area contributed by atoms with E-state index in [2.05, 4.69) is 25.1 Å². The van der Waals surface area contributed by atoms with Crippen molar-refractivity contribution in [2.24, 2.45) is 0 Å². The Morgan fingerprint density at radius 1 is 0.500 bits per heavy atom. The first-order chi connectivity index (χ1) is 43.9. The third kappa shape index (κ3) is 15.3. The Morgan fingerprint density at radius 2 is 0.837 bits per heavy atom. The van der Waals surface area contributed by atoms with Crippen molar-refractivity contribution < 1.29 is 64.6 Å². The van der Waals surface area contributed by atoms with E-state index in [-0.39, 0.29) is 23.7 Å². The Morgan fingerprint density at radius 3 is 1.18 bits per heavy atom. The van der Waals surface area contributed by atoms with Gasteiger partial charge in [-0.1, -0.05) is 115 Å². The van der Waals surface area contributed by atoms with Crippen LogP contribution < -0.4 is 5.46 Å². The zero-order chi connectivity index (χ0) is 65.5. The van der Waals surface area contributed by atoms with Gasteiger partial charge in [0.2, 0.25) is 15.4 Å². The van der Waals surface area contributed by atoms with E-state index in [0.29, 0.717) is 51.8 Å². The van der Waals surface area contributed by atoms with Gasteiger partial charge in [-0.05, 0) is 76.9 Å². The Balaban J connectivity index is 0.000000151. The molecule has 0 spiro atoms. The van der Waals surface area contributed by atoms with Gasteiger partial charge in [-0.25, -0.2) is 43.4 Å². The van der Waals surface area contributed by atoms with Gasteiger partial charge >= 0.3 is 37.4 Å². The van der Waals surface area contributed by atoms with Gasteiger partial charge in [-0.2, -0.15) is 41.6 Å². The lowest BCUT2D eigenvalue weighted by Crippen LogP contribution is -2.41. The van der Waals surface area contributed by atoms with Crippen LogP contribution in [0.4, 0.5) is 26.3 Å². The summed E-state index contributed by atoms with van der Waals surface area (Å²) in [7, 11) is -0.566. The van der Waals surface area contributed by atoms with Crippen molar-refractivity contribution in [3.05, 3.63) is 225 Å². The van der Waals surface area contributed by atoms with Crippen molar-refractivity contribution in [3.8, 4) is 49.2 Å². The number of ether oxygens (including phenoxy) is 2. The number of esters is 2. The quantitative estimate of drug-likeness (QED) is 0.0544. The molecule has 1 aliphatic rings. The van der Waals surface area contributed by atoms with Gasteiger partial charge < -0.3 is 23.9 Å². The Hall–Kier alpha value is -9.41. The number of carboxylic acid groups (broad SMARTS) is 1. The molecule has 0 aliphatic carbocycles. The summed E-state index contributed by atoms with van der Waals surface area (Å²) < 4.78 is 104. The number of carbonyl (C=O) groups is 3. The standard InChI is InChI=1S/C23H18F3N3O2S.C21H24BN3O4S.C21H14F3N3O2S/c1-2-31-21(30)19-14-32-22(27-19)29-13-17(20(28-29)16-6-4-3-5-7-16)12-15-8-10-18(11-9-15)23(24,25)26;1-6-27-18(26)16-13-30-19(23-16)25-12-15(17(24-25)14-10-8-7-9-11-14)22-28-20(2,3)21(4,5)29-22;22-21(23,24)16-8-6-13(7-9-16)10-15-11-27(20-25-17(12-30-20)19(28)29)26-18(15)14-4-2-1-3-5-14/h3-11,13-14H,2,12H2,1H3;7-13H,6H2,1-5H3;1-9,11-12H,10H2,(H,28,29). The molecule has 7 heterocycles. The van der Waals surface area contributed by atoms with E-state index in [0.717, 1.165) is 80.1 Å². The average molecular weight is 1310 g/mol. The fourth-order valence-corrected chi connectivity index (χ4v) is 11.4. The molecular formula is C65H56BF6N9O8S3. The summed E-state index contributed by atoms with van der Waals surface area (Å²) in [6, 6.07) is 38.8. The Bertz CT molecular complexity index is 4320. The number of thiazole rings is 3. The van der Waals surface area contributed by atoms with Gasteiger partial charge in [0.05, 0.1) is 52.6 Å². The molecule has 472 valence electrons. The van der Waals surface area contributed by atoms with E-state index >= 15 is 0 Å². The maximum Gasteiger partial charge on any atom is 0.498 e. The molecule has 1 N–H and O–H groups in total. The first-order valence-corrected chi connectivity index (χ1v) is 31.1. The van der Waals surface area contributed by atoms with Crippen LogP contribution in [0, 0.1) is 0 Å². The van der Waals surface area contributed by atoms with E-state index in [1.165, 1.54) is 57.0 Å². The molecule has 17 nitrogen and oxygen atoms in total. The highest BCUT2D eigenvalue weighted by Gasteiger charge is 2.53. The van der Waals surface area contributed by atoms with Crippen LogP contribution in [0.5, 0.6) is 0 Å². The largest absolute Gasteiger partial charge is 0.498 e. The van der Waals surface area contributed by atoms with Crippen molar-refractivity contribution >= 4 is 64.5 Å². The Labute approximate surface area is 535 Å². The number of hydrogen-bond donors (Lipinski definition) is 1. The molecule has 92 heavy (non-hydrogen) atoms. The van der Waals surface area contributed by atoms with Crippen LogP contribution in [0.25, 0.3) is 49.2 Å². The minimum Gasteiger partial charge on any atom is -0.476 e. The molecule has 11 aromatic rings. The average Bonchev–Trinajstić information content (AvgIpc) is 1.62. The van der Waals surface area contributed by atoms with Crippen molar-refractivity contribution in [1.82, 2.24) is 44.3 Å². The molecule has 12 rings (SSSR count). The SMILES string of the molecule is CCOC(=O)c1csc(-n2cc(B3OC(C)(C)C(C)(C)O3)c(-c3ccccc3)n2)n1.CCOC(=O)c1csc(-n2cc(Cc3ccc(C(F)(F)F)cc3)c(-c3ccccc3)n2)n1.O=C(O)c1csc(-n2cc(Cc3ccc(C(F)(F)F)cc3)c(-c3ccccc3)n2)n1. The summed E-state index contributed by atoms with van der Waals surface area (Å²) in [5, 5.41) is 29.2. The molecular weight excluding hydrogens is 1260 g/mol. The number of nitrogens with zero attached hydrogens (tertiary/aromatic N) is 9. The second-order valence-corrected chi connectivity index (χ2v) is 24.0. The summed E-state index contributed by atoms with van der Waals surface area (Å²) in [5.74, 6) is -2.07. The number of halogens is 6. The van der Waals surface area contributed by atoms with Crippen LogP contribution in [0.1, 0.15) is 106 Å². The van der Waals surface area contributed by atoms with E-state index < -0.39 is 59.7 Å².